The number of ether oxygens (including phenoxy) is 1. The molecule has 1 amide bonds. The van der Waals surface area contributed by atoms with E-state index in [2.05, 4.69) is 16.0 Å². The maximum absolute atomic E-state index is 12.8. The molecule has 2 aromatic heterocycles. The summed E-state index contributed by atoms with van der Waals surface area (Å²) in [5.41, 5.74) is 1.94. The van der Waals surface area contributed by atoms with Gasteiger partial charge >= 0.3 is 0 Å². The zero-order valence-electron chi connectivity index (χ0n) is 14.3. The maximum Gasteiger partial charge on any atom is 0.254 e. The van der Waals surface area contributed by atoms with Gasteiger partial charge in [-0.3, -0.25) is 9.78 Å². The van der Waals surface area contributed by atoms with Crippen molar-refractivity contribution in [2.45, 2.75) is 12.8 Å². The molecule has 5 nitrogen and oxygen atoms in total. The molecule has 1 atom stereocenters. The zero-order valence-corrected chi connectivity index (χ0v) is 15.1. The van der Waals surface area contributed by atoms with E-state index < -0.39 is 0 Å². The summed E-state index contributed by atoms with van der Waals surface area (Å²) in [5, 5.41) is 3.90. The van der Waals surface area contributed by atoms with Crippen LogP contribution < -0.4 is 4.90 Å². The average Bonchev–Trinajstić information content (AvgIpc) is 3.12. The Hall–Kier alpha value is -1.92. The topological polar surface area (TPSA) is 45.7 Å². The minimum Gasteiger partial charge on any atom is -0.379 e. The summed E-state index contributed by atoms with van der Waals surface area (Å²) in [5.74, 6) is 0.150. The fourth-order valence-electron chi connectivity index (χ4n) is 3.95. The molecule has 2 aliphatic rings. The third kappa shape index (κ3) is 3.55. The Morgan fingerprint density at radius 1 is 1.28 bits per heavy atom. The molecule has 6 heteroatoms. The number of anilines is 1. The normalized spacial score (nSPS) is 24.3. The van der Waals surface area contributed by atoms with Crippen LogP contribution >= 0.6 is 11.3 Å². The van der Waals surface area contributed by atoms with E-state index in [1.807, 2.05) is 34.0 Å². The molecule has 0 N–H and O–H groups in total. The number of nitrogens with zero attached hydrogens (tertiary/aromatic N) is 3. The first kappa shape index (κ1) is 16.5. The van der Waals surface area contributed by atoms with E-state index >= 15 is 0 Å². The number of piperidine rings is 1. The van der Waals surface area contributed by atoms with Crippen molar-refractivity contribution < 1.29 is 9.53 Å². The summed E-state index contributed by atoms with van der Waals surface area (Å²) < 4.78 is 5.96. The van der Waals surface area contributed by atoms with Crippen LogP contribution in [-0.4, -0.2) is 55.2 Å². The van der Waals surface area contributed by atoms with Crippen LogP contribution in [0.1, 0.15) is 23.2 Å². The highest BCUT2D eigenvalue weighted by molar-refractivity contribution is 7.08. The van der Waals surface area contributed by atoms with Gasteiger partial charge < -0.3 is 14.5 Å². The standard InChI is InChI=1S/C19H23N3O2S/c23-18(16-4-10-25-12-16)22-7-2-5-19(14-22)13-21(8-9-24-15-19)17-3-1-6-20-11-17/h1,3-4,6,10-12H,2,5,7-9,13-15H2/t19-/m1/s1. The van der Waals surface area contributed by atoms with Crippen molar-refractivity contribution in [3.63, 3.8) is 0 Å². The monoisotopic (exact) mass is 357 g/mol. The molecular weight excluding hydrogens is 334 g/mol. The van der Waals surface area contributed by atoms with Crippen molar-refractivity contribution in [1.82, 2.24) is 9.88 Å². The second-order valence-corrected chi connectivity index (χ2v) is 7.81. The lowest BCUT2D eigenvalue weighted by Gasteiger charge is -2.43. The molecule has 2 aliphatic heterocycles. The fourth-order valence-corrected chi connectivity index (χ4v) is 4.58. The van der Waals surface area contributed by atoms with Gasteiger partial charge in [-0.15, -0.1) is 0 Å². The van der Waals surface area contributed by atoms with E-state index in [0.717, 1.165) is 63.5 Å². The Balaban J connectivity index is 1.53. The minimum atomic E-state index is -0.00370. The van der Waals surface area contributed by atoms with E-state index in [9.17, 15) is 4.79 Å². The van der Waals surface area contributed by atoms with Gasteiger partial charge in [0, 0.05) is 43.2 Å². The molecule has 2 aromatic rings. The van der Waals surface area contributed by atoms with E-state index in [0.29, 0.717) is 0 Å². The Morgan fingerprint density at radius 3 is 3.04 bits per heavy atom. The Morgan fingerprint density at radius 2 is 2.24 bits per heavy atom. The maximum atomic E-state index is 12.8. The van der Waals surface area contributed by atoms with Crippen LogP contribution in [0.4, 0.5) is 5.69 Å². The van der Waals surface area contributed by atoms with Crippen molar-refractivity contribution >= 4 is 22.9 Å². The average molecular weight is 357 g/mol. The van der Waals surface area contributed by atoms with Crippen molar-refractivity contribution in [3.05, 3.63) is 46.9 Å². The van der Waals surface area contributed by atoms with Crippen LogP contribution in [0, 0.1) is 5.41 Å². The quantitative estimate of drug-likeness (QED) is 0.829. The van der Waals surface area contributed by atoms with Gasteiger partial charge in [0.1, 0.15) is 0 Å². The molecule has 0 bridgehead atoms. The molecule has 0 radical (unpaired) electrons. The largest absolute Gasteiger partial charge is 0.379 e. The highest BCUT2D eigenvalue weighted by Gasteiger charge is 2.40. The molecule has 0 aliphatic carbocycles. The third-order valence-corrected chi connectivity index (χ3v) is 5.85. The number of aromatic nitrogens is 1. The van der Waals surface area contributed by atoms with E-state index in [-0.39, 0.29) is 11.3 Å². The van der Waals surface area contributed by atoms with Crippen molar-refractivity contribution in [1.29, 1.82) is 0 Å². The summed E-state index contributed by atoms with van der Waals surface area (Å²) in [6.45, 7) is 4.81. The third-order valence-electron chi connectivity index (χ3n) is 5.17. The predicted octanol–water partition coefficient (Wildman–Crippen LogP) is 2.90. The molecule has 4 heterocycles. The van der Waals surface area contributed by atoms with Crippen molar-refractivity contribution in [2.75, 3.05) is 44.3 Å². The van der Waals surface area contributed by atoms with Crippen molar-refractivity contribution in [2.24, 2.45) is 5.41 Å². The van der Waals surface area contributed by atoms with Crippen LogP contribution in [0.15, 0.2) is 41.4 Å². The molecule has 0 saturated carbocycles. The molecule has 1 spiro atoms. The van der Waals surface area contributed by atoms with Crippen LogP contribution in [0.2, 0.25) is 0 Å². The lowest BCUT2D eigenvalue weighted by molar-refractivity contribution is 0.0135. The number of hydrogen-bond donors (Lipinski definition) is 0. The van der Waals surface area contributed by atoms with Gasteiger partial charge in [-0.1, -0.05) is 0 Å². The van der Waals surface area contributed by atoms with Gasteiger partial charge in [0.15, 0.2) is 0 Å². The number of pyridine rings is 1. The summed E-state index contributed by atoms with van der Waals surface area (Å²) in [4.78, 5) is 21.4. The summed E-state index contributed by atoms with van der Waals surface area (Å²) >= 11 is 1.57. The Kier molecular flexibility index (Phi) is 4.72. The number of carbonyl (C=O) groups excluding carboxylic acids is 1. The number of likely N-dealkylation sites (tertiary alicyclic amines) is 1. The van der Waals surface area contributed by atoms with Gasteiger partial charge in [-0.2, -0.15) is 11.3 Å². The predicted molar refractivity (Wildman–Crippen MR) is 99.2 cm³/mol. The van der Waals surface area contributed by atoms with Crippen LogP contribution in [-0.2, 0) is 4.74 Å². The van der Waals surface area contributed by atoms with Gasteiger partial charge in [-0.05, 0) is 36.4 Å². The molecule has 2 fully saturated rings. The number of hydrogen-bond acceptors (Lipinski definition) is 5. The van der Waals surface area contributed by atoms with Gasteiger partial charge in [0.25, 0.3) is 5.91 Å². The SMILES string of the molecule is O=C(c1ccsc1)N1CCC[C@]2(COCCN(c3cccnc3)C2)C1. The first-order chi connectivity index (χ1) is 12.3. The highest BCUT2D eigenvalue weighted by Crippen LogP contribution is 2.35. The molecular formula is C19H23N3O2S. The number of amides is 1. The molecule has 0 unspecified atom stereocenters. The second kappa shape index (κ2) is 7.14. The van der Waals surface area contributed by atoms with Crippen molar-refractivity contribution in [3.8, 4) is 0 Å². The molecule has 2 saturated heterocycles. The molecule has 132 valence electrons. The fraction of sp³-hybridized carbons (Fsp3) is 0.474. The lowest BCUT2D eigenvalue weighted by Crippen LogP contribution is -2.52. The Bertz CT molecular complexity index is 707. The zero-order chi connectivity index (χ0) is 17.1. The van der Waals surface area contributed by atoms with E-state index in [1.54, 1.807) is 17.5 Å². The lowest BCUT2D eigenvalue weighted by atomic mass is 9.80. The van der Waals surface area contributed by atoms with Gasteiger partial charge in [0.05, 0.1) is 30.7 Å². The first-order valence-electron chi connectivity index (χ1n) is 8.80. The van der Waals surface area contributed by atoms with E-state index in [4.69, 9.17) is 4.74 Å². The molecule has 4 rings (SSSR count). The first-order valence-corrected chi connectivity index (χ1v) is 9.74. The summed E-state index contributed by atoms with van der Waals surface area (Å²) in [7, 11) is 0. The van der Waals surface area contributed by atoms with Gasteiger partial charge in [-0.25, -0.2) is 0 Å². The van der Waals surface area contributed by atoms with Gasteiger partial charge in [0.2, 0.25) is 0 Å². The van der Waals surface area contributed by atoms with Crippen LogP contribution in [0.3, 0.4) is 0 Å². The number of carbonyl (C=O) groups is 1. The minimum absolute atomic E-state index is 0.00370. The highest BCUT2D eigenvalue weighted by atomic mass is 32.1. The number of thiophene rings is 1. The molecule has 25 heavy (non-hydrogen) atoms. The van der Waals surface area contributed by atoms with Crippen LogP contribution in [0.25, 0.3) is 0 Å². The second-order valence-electron chi connectivity index (χ2n) is 7.03. The molecule has 0 aromatic carbocycles. The van der Waals surface area contributed by atoms with E-state index in [1.165, 1.54) is 0 Å². The Labute approximate surface area is 152 Å². The van der Waals surface area contributed by atoms with Crippen LogP contribution in [0.5, 0.6) is 0 Å². The summed E-state index contributed by atoms with van der Waals surface area (Å²) in [6, 6.07) is 5.99. The smallest absolute Gasteiger partial charge is 0.254 e. The summed E-state index contributed by atoms with van der Waals surface area (Å²) in [6.07, 6.45) is 5.84. The number of rotatable bonds is 2.